The van der Waals surface area contributed by atoms with Gasteiger partial charge in [0.2, 0.25) is 0 Å². The van der Waals surface area contributed by atoms with Gasteiger partial charge >= 0.3 is 0 Å². The molecule has 1 rings (SSSR count). The second-order valence-corrected chi connectivity index (χ2v) is 4.98. The minimum atomic E-state index is 0.435. The second-order valence-electron chi connectivity index (χ2n) is 3.78. The van der Waals surface area contributed by atoms with Gasteiger partial charge in [0.15, 0.2) is 0 Å². The highest BCUT2D eigenvalue weighted by molar-refractivity contribution is 9.10. The standard InChI is InChI=1S/C11H15BrClN/c1-7(2)8(3)14-10-6-4-5-9(13)11(10)12/h4-8,14H,1-3H3. The van der Waals surface area contributed by atoms with E-state index in [0.29, 0.717) is 12.0 Å². The fourth-order valence-electron chi connectivity index (χ4n) is 1.03. The van der Waals surface area contributed by atoms with Gasteiger partial charge in [0.25, 0.3) is 0 Å². The Balaban J connectivity index is 2.82. The molecule has 0 bridgehead atoms. The van der Waals surface area contributed by atoms with Crippen LogP contribution in [0.15, 0.2) is 22.7 Å². The summed E-state index contributed by atoms with van der Waals surface area (Å²) < 4.78 is 0.939. The van der Waals surface area contributed by atoms with E-state index in [4.69, 9.17) is 11.6 Å². The molecule has 0 saturated carbocycles. The molecule has 1 aromatic carbocycles. The van der Waals surface area contributed by atoms with Gasteiger partial charge < -0.3 is 5.32 Å². The molecule has 0 amide bonds. The summed E-state index contributed by atoms with van der Waals surface area (Å²) in [7, 11) is 0. The highest BCUT2D eigenvalue weighted by Crippen LogP contribution is 2.30. The second kappa shape index (κ2) is 5.04. The van der Waals surface area contributed by atoms with Crippen molar-refractivity contribution in [1.29, 1.82) is 0 Å². The summed E-state index contributed by atoms with van der Waals surface area (Å²) in [4.78, 5) is 0. The summed E-state index contributed by atoms with van der Waals surface area (Å²) >= 11 is 9.45. The Morgan fingerprint density at radius 1 is 1.29 bits per heavy atom. The van der Waals surface area contributed by atoms with Crippen LogP contribution in [0.3, 0.4) is 0 Å². The molecular weight excluding hydrogens is 261 g/mol. The van der Waals surface area contributed by atoms with Crippen molar-refractivity contribution in [2.75, 3.05) is 5.32 Å². The number of hydrogen-bond donors (Lipinski definition) is 1. The number of rotatable bonds is 3. The molecule has 14 heavy (non-hydrogen) atoms. The highest BCUT2D eigenvalue weighted by Gasteiger charge is 2.09. The Hall–Kier alpha value is -0.210. The fraction of sp³-hybridized carbons (Fsp3) is 0.455. The quantitative estimate of drug-likeness (QED) is 0.853. The number of hydrogen-bond acceptors (Lipinski definition) is 1. The molecule has 0 fully saturated rings. The van der Waals surface area contributed by atoms with Crippen LogP contribution < -0.4 is 5.32 Å². The van der Waals surface area contributed by atoms with Gasteiger partial charge in [-0.25, -0.2) is 0 Å². The van der Waals surface area contributed by atoms with Crippen LogP contribution in [0.5, 0.6) is 0 Å². The molecule has 78 valence electrons. The summed E-state index contributed by atoms with van der Waals surface area (Å²) in [5.74, 6) is 0.598. The predicted molar refractivity (Wildman–Crippen MR) is 67.1 cm³/mol. The summed E-state index contributed by atoms with van der Waals surface area (Å²) in [5.41, 5.74) is 1.05. The molecule has 0 aromatic heterocycles. The molecule has 0 saturated heterocycles. The Bertz CT molecular complexity index is 312. The molecule has 1 aromatic rings. The lowest BCUT2D eigenvalue weighted by atomic mass is 10.1. The van der Waals surface area contributed by atoms with Gasteiger partial charge in [-0.05, 0) is 40.9 Å². The molecule has 1 N–H and O–H groups in total. The zero-order chi connectivity index (χ0) is 10.7. The summed E-state index contributed by atoms with van der Waals surface area (Å²) in [5, 5.41) is 4.16. The zero-order valence-corrected chi connectivity index (χ0v) is 11.0. The molecular formula is C11H15BrClN. The van der Waals surface area contributed by atoms with Crippen molar-refractivity contribution in [2.45, 2.75) is 26.8 Å². The van der Waals surface area contributed by atoms with E-state index in [0.717, 1.165) is 15.2 Å². The van der Waals surface area contributed by atoms with Crippen LogP contribution in [0, 0.1) is 5.92 Å². The first-order chi connectivity index (χ1) is 6.52. The van der Waals surface area contributed by atoms with Crippen molar-refractivity contribution in [3.63, 3.8) is 0 Å². The van der Waals surface area contributed by atoms with Gasteiger partial charge in [-0.2, -0.15) is 0 Å². The topological polar surface area (TPSA) is 12.0 Å². The van der Waals surface area contributed by atoms with E-state index in [1.807, 2.05) is 18.2 Å². The average Bonchev–Trinajstić information content (AvgIpc) is 2.12. The van der Waals surface area contributed by atoms with Crippen molar-refractivity contribution < 1.29 is 0 Å². The van der Waals surface area contributed by atoms with Crippen LogP contribution in [0.25, 0.3) is 0 Å². The van der Waals surface area contributed by atoms with E-state index < -0.39 is 0 Å². The van der Waals surface area contributed by atoms with E-state index in [1.54, 1.807) is 0 Å². The lowest BCUT2D eigenvalue weighted by molar-refractivity contribution is 0.560. The van der Waals surface area contributed by atoms with Gasteiger partial charge in [0, 0.05) is 6.04 Å². The van der Waals surface area contributed by atoms with Crippen LogP contribution in [-0.2, 0) is 0 Å². The lowest BCUT2D eigenvalue weighted by Gasteiger charge is -2.20. The molecule has 0 aliphatic carbocycles. The van der Waals surface area contributed by atoms with Gasteiger partial charge in [0.05, 0.1) is 15.2 Å². The number of anilines is 1. The zero-order valence-electron chi connectivity index (χ0n) is 8.64. The lowest BCUT2D eigenvalue weighted by Crippen LogP contribution is -2.21. The molecule has 0 spiro atoms. The normalized spacial score (nSPS) is 13.0. The molecule has 0 radical (unpaired) electrons. The largest absolute Gasteiger partial charge is 0.381 e. The van der Waals surface area contributed by atoms with Crippen molar-refractivity contribution >= 4 is 33.2 Å². The highest BCUT2D eigenvalue weighted by atomic mass is 79.9. The molecule has 0 aliphatic rings. The summed E-state index contributed by atoms with van der Waals surface area (Å²) in [6.45, 7) is 6.55. The van der Waals surface area contributed by atoms with Crippen LogP contribution in [0.1, 0.15) is 20.8 Å². The first-order valence-electron chi connectivity index (χ1n) is 4.73. The summed E-state index contributed by atoms with van der Waals surface area (Å²) in [6.07, 6.45) is 0. The Labute approximate surface area is 99.0 Å². The Kier molecular flexibility index (Phi) is 4.27. The monoisotopic (exact) mass is 275 g/mol. The molecule has 1 atom stereocenters. The van der Waals surface area contributed by atoms with Crippen LogP contribution >= 0.6 is 27.5 Å². The van der Waals surface area contributed by atoms with Gasteiger partial charge in [-0.15, -0.1) is 0 Å². The molecule has 0 heterocycles. The van der Waals surface area contributed by atoms with Crippen molar-refractivity contribution in [3.05, 3.63) is 27.7 Å². The van der Waals surface area contributed by atoms with Crippen LogP contribution in [-0.4, -0.2) is 6.04 Å². The molecule has 0 aliphatic heterocycles. The van der Waals surface area contributed by atoms with E-state index >= 15 is 0 Å². The van der Waals surface area contributed by atoms with Crippen molar-refractivity contribution in [3.8, 4) is 0 Å². The predicted octanol–water partition coefficient (Wildman–Crippen LogP) is 4.56. The van der Waals surface area contributed by atoms with Gasteiger partial charge in [-0.1, -0.05) is 31.5 Å². The summed E-state index contributed by atoms with van der Waals surface area (Å²) in [6, 6.07) is 6.28. The molecule has 1 unspecified atom stereocenters. The smallest absolute Gasteiger partial charge is 0.0593 e. The maximum absolute atomic E-state index is 5.99. The third-order valence-electron chi connectivity index (χ3n) is 2.33. The van der Waals surface area contributed by atoms with E-state index in [-0.39, 0.29) is 0 Å². The average molecular weight is 277 g/mol. The van der Waals surface area contributed by atoms with Gasteiger partial charge in [-0.3, -0.25) is 0 Å². The number of halogens is 2. The third-order valence-corrected chi connectivity index (χ3v) is 3.73. The van der Waals surface area contributed by atoms with Crippen LogP contribution in [0.2, 0.25) is 5.02 Å². The minimum absolute atomic E-state index is 0.435. The van der Waals surface area contributed by atoms with E-state index in [1.165, 1.54) is 0 Å². The third kappa shape index (κ3) is 2.89. The first-order valence-corrected chi connectivity index (χ1v) is 5.90. The maximum Gasteiger partial charge on any atom is 0.0593 e. The maximum atomic E-state index is 5.99. The van der Waals surface area contributed by atoms with Crippen molar-refractivity contribution in [1.82, 2.24) is 0 Å². The number of nitrogens with one attached hydrogen (secondary N) is 1. The Morgan fingerprint density at radius 3 is 2.50 bits per heavy atom. The molecule has 3 heteroatoms. The van der Waals surface area contributed by atoms with Gasteiger partial charge in [0.1, 0.15) is 0 Å². The van der Waals surface area contributed by atoms with E-state index in [9.17, 15) is 0 Å². The molecule has 1 nitrogen and oxygen atoms in total. The minimum Gasteiger partial charge on any atom is -0.381 e. The van der Waals surface area contributed by atoms with Crippen LogP contribution in [0.4, 0.5) is 5.69 Å². The first kappa shape index (κ1) is 11.9. The van der Waals surface area contributed by atoms with Crippen molar-refractivity contribution in [2.24, 2.45) is 5.92 Å². The number of benzene rings is 1. The SMILES string of the molecule is CC(C)C(C)Nc1cccc(Cl)c1Br. The Morgan fingerprint density at radius 2 is 1.93 bits per heavy atom. The van der Waals surface area contributed by atoms with E-state index in [2.05, 4.69) is 42.0 Å². The fourth-order valence-corrected chi connectivity index (χ4v) is 1.58.